The van der Waals surface area contributed by atoms with Crippen LogP contribution in [0.25, 0.3) is 0 Å². The lowest BCUT2D eigenvalue weighted by Crippen LogP contribution is -2.48. The largest absolute Gasteiger partial charge is 0.352 e. The van der Waals surface area contributed by atoms with Crippen LogP contribution in [0.5, 0.6) is 0 Å². The number of nitrogens with one attached hydrogen (secondary N) is 1. The molecule has 0 spiro atoms. The van der Waals surface area contributed by atoms with Gasteiger partial charge in [0.2, 0.25) is 11.8 Å². The van der Waals surface area contributed by atoms with Crippen LogP contribution in [0.15, 0.2) is 21.7 Å². The number of hydrogen-bond donors (Lipinski definition) is 1. The second-order valence-electron chi connectivity index (χ2n) is 6.55. The number of likely N-dealkylation sites (N-methyl/N-ethyl adjacent to an activating group) is 1. The summed E-state index contributed by atoms with van der Waals surface area (Å²) in [4.78, 5) is 25.8. The van der Waals surface area contributed by atoms with Crippen molar-refractivity contribution in [2.75, 3.05) is 26.7 Å². The van der Waals surface area contributed by atoms with Crippen LogP contribution >= 0.6 is 11.3 Å². The Hall–Kier alpha value is -1.45. The first-order valence-electron chi connectivity index (χ1n) is 8.30. The summed E-state index contributed by atoms with van der Waals surface area (Å²) >= 11 is 1.18. The maximum atomic E-state index is 12.6. The lowest BCUT2D eigenvalue weighted by molar-refractivity contribution is -0.139. The molecule has 0 saturated carbocycles. The second kappa shape index (κ2) is 8.29. The van der Waals surface area contributed by atoms with E-state index in [9.17, 15) is 18.0 Å². The summed E-state index contributed by atoms with van der Waals surface area (Å²) < 4.78 is 26.9. The highest BCUT2D eigenvalue weighted by Gasteiger charge is 2.35. The number of piperidine rings is 1. The van der Waals surface area contributed by atoms with E-state index in [0.717, 1.165) is 0 Å². The fourth-order valence-electron chi connectivity index (χ4n) is 2.87. The predicted octanol–water partition coefficient (Wildman–Crippen LogP) is 1.13. The van der Waals surface area contributed by atoms with Gasteiger partial charge in [-0.2, -0.15) is 4.31 Å². The van der Waals surface area contributed by atoms with Crippen molar-refractivity contribution in [2.45, 2.75) is 36.9 Å². The first kappa shape index (κ1) is 19.9. The van der Waals surface area contributed by atoms with Crippen molar-refractivity contribution in [2.24, 2.45) is 5.92 Å². The third-order valence-corrected chi connectivity index (χ3v) is 7.27. The van der Waals surface area contributed by atoms with E-state index in [1.54, 1.807) is 24.6 Å². The number of carbonyl (C=O) groups is 2. The van der Waals surface area contributed by atoms with Gasteiger partial charge in [-0.3, -0.25) is 9.59 Å². The Kier molecular flexibility index (Phi) is 6.59. The van der Waals surface area contributed by atoms with E-state index < -0.39 is 15.9 Å². The lowest BCUT2D eigenvalue weighted by atomic mass is 9.98. The molecule has 7 nitrogen and oxygen atoms in total. The Bertz CT molecular complexity index is 701. The molecule has 0 radical (unpaired) electrons. The molecule has 1 fully saturated rings. The van der Waals surface area contributed by atoms with E-state index in [1.807, 2.05) is 13.8 Å². The monoisotopic (exact) mass is 387 g/mol. The first-order chi connectivity index (χ1) is 11.7. The molecule has 25 heavy (non-hydrogen) atoms. The van der Waals surface area contributed by atoms with E-state index in [4.69, 9.17) is 0 Å². The van der Waals surface area contributed by atoms with Crippen LogP contribution in [0.3, 0.4) is 0 Å². The summed E-state index contributed by atoms with van der Waals surface area (Å²) in [7, 11) is -1.97. The molecule has 1 saturated heterocycles. The van der Waals surface area contributed by atoms with Crippen LogP contribution in [0.1, 0.15) is 26.7 Å². The van der Waals surface area contributed by atoms with Crippen LogP contribution in [0, 0.1) is 5.92 Å². The standard InChI is InChI=1S/C16H25N3O4S2/c1-12(2)17-14(20)11-18(3)16(21)13-6-4-8-19(10-13)25(22,23)15-7-5-9-24-15/h5,7,9,12-13H,4,6,8,10-11H2,1-3H3,(H,17,20)/t13-/m0/s1. The molecule has 140 valence electrons. The van der Waals surface area contributed by atoms with Gasteiger partial charge in [0.15, 0.2) is 0 Å². The van der Waals surface area contributed by atoms with Gasteiger partial charge in [0, 0.05) is 26.2 Å². The quantitative estimate of drug-likeness (QED) is 0.793. The minimum Gasteiger partial charge on any atom is -0.352 e. The Labute approximate surface area is 153 Å². The SMILES string of the molecule is CC(C)NC(=O)CN(C)C(=O)[C@H]1CCCN(S(=O)(=O)c2cccs2)C1. The van der Waals surface area contributed by atoms with Crippen molar-refractivity contribution in [3.05, 3.63) is 17.5 Å². The fraction of sp³-hybridized carbons (Fsp3) is 0.625. The van der Waals surface area contributed by atoms with Crippen LogP contribution in [-0.2, 0) is 19.6 Å². The molecule has 1 aliphatic rings. The van der Waals surface area contributed by atoms with Crippen molar-refractivity contribution >= 4 is 33.2 Å². The van der Waals surface area contributed by atoms with E-state index in [1.165, 1.54) is 20.5 Å². The molecule has 1 atom stereocenters. The Morgan fingerprint density at radius 1 is 1.44 bits per heavy atom. The van der Waals surface area contributed by atoms with E-state index in [2.05, 4.69) is 5.32 Å². The number of carbonyl (C=O) groups excluding carboxylic acids is 2. The summed E-state index contributed by atoms with van der Waals surface area (Å²) in [6, 6.07) is 3.29. The zero-order valence-electron chi connectivity index (χ0n) is 14.8. The average Bonchev–Trinajstić information content (AvgIpc) is 3.08. The highest BCUT2D eigenvalue weighted by atomic mass is 32.2. The van der Waals surface area contributed by atoms with Gasteiger partial charge in [0.1, 0.15) is 4.21 Å². The maximum Gasteiger partial charge on any atom is 0.252 e. The molecule has 1 aliphatic heterocycles. The van der Waals surface area contributed by atoms with Gasteiger partial charge in [0.05, 0.1) is 12.5 Å². The van der Waals surface area contributed by atoms with Crippen molar-refractivity contribution in [1.29, 1.82) is 0 Å². The minimum absolute atomic E-state index is 0.0112. The molecule has 0 aromatic carbocycles. The molecular weight excluding hydrogens is 362 g/mol. The van der Waals surface area contributed by atoms with Crippen molar-refractivity contribution in [3.63, 3.8) is 0 Å². The first-order valence-corrected chi connectivity index (χ1v) is 10.6. The smallest absolute Gasteiger partial charge is 0.252 e. The molecule has 1 aromatic heterocycles. The minimum atomic E-state index is -3.55. The van der Waals surface area contributed by atoms with Gasteiger partial charge in [-0.25, -0.2) is 8.42 Å². The van der Waals surface area contributed by atoms with Gasteiger partial charge in [-0.15, -0.1) is 11.3 Å². The molecular formula is C16H25N3O4S2. The third kappa shape index (κ3) is 5.02. The molecule has 0 aliphatic carbocycles. The topological polar surface area (TPSA) is 86.8 Å². The van der Waals surface area contributed by atoms with Gasteiger partial charge in [0.25, 0.3) is 10.0 Å². The Balaban J connectivity index is 2.00. The van der Waals surface area contributed by atoms with Gasteiger partial charge in [-0.1, -0.05) is 6.07 Å². The van der Waals surface area contributed by atoms with Crippen LogP contribution in [0.4, 0.5) is 0 Å². The molecule has 0 bridgehead atoms. The van der Waals surface area contributed by atoms with Gasteiger partial charge >= 0.3 is 0 Å². The molecule has 2 heterocycles. The highest BCUT2D eigenvalue weighted by Crippen LogP contribution is 2.27. The van der Waals surface area contributed by atoms with E-state index in [-0.39, 0.29) is 30.9 Å². The average molecular weight is 388 g/mol. The van der Waals surface area contributed by atoms with Gasteiger partial charge < -0.3 is 10.2 Å². The summed E-state index contributed by atoms with van der Waals surface area (Å²) in [6.45, 7) is 4.27. The summed E-state index contributed by atoms with van der Waals surface area (Å²) in [5, 5.41) is 4.47. The molecule has 1 aromatic rings. The molecule has 0 unspecified atom stereocenters. The second-order valence-corrected chi connectivity index (χ2v) is 9.66. The number of sulfonamides is 1. The Morgan fingerprint density at radius 2 is 2.16 bits per heavy atom. The summed E-state index contributed by atoms with van der Waals surface area (Å²) in [6.07, 6.45) is 1.26. The third-order valence-electron chi connectivity index (χ3n) is 4.03. The zero-order chi connectivity index (χ0) is 18.6. The number of amides is 2. The van der Waals surface area contributed by atoms with Crippen molar-refractivity contribution in [3.8, 4) is 0 Å². The van der Waals surface area contributed by atoms with Gasteiger partial charge in [-0.05, 0) is 38.1 Å². The van der Waals surface area contributed by atoms with E-state index in [0.29, 0.717) is 23.6 Å². The van der Waals surface area contributed by atoms with Crippen LogP contribution in [0.2, 0.25) is 0 Å². The van der Waals surface area contributed by atoms with Crippen LogP contribution in [-0.4, -0.2) is 62.2 Å². The number of rotatable bonds is 6. The molecule has 2 rings (SSSR count). The maximum absolute atomic E-state index is 12.6. The lowest BCUT2D eigenvalue weighted by Gasteiger charge is -2.32. The van der Waals surface area contributed by atoms with E-state index >= 15 is 0 Å². The predicted molar refractivity (Wildman–Crippen MR) is 96.7 cm³/mol. The highest BCUT2D eigenvalue weighted by molar-refractivity contribution is 7.91. The normalized spacial score (nSPS) is 19.0. The molecule has 1 N–H and O–H groups in total. The fourth-order valence-corrected chi connectivity index (χ4v) is 5.54. The summed E-state index contributed by atoms with van der Waals surface area (Å²) in [5.74, 6) is -0.824. The van der Waals surface area contributed by atoms with Crippen LogP contribution < -0.4 is 5.32 Å². The molecule has 9 heteroatoms. The molecule has 2 amide bonds. The Morgan fingerprint density at radius 3 is 2.76 bits per heavy atom. The number of thiophene rings is 1. The number of nitrogens with zero attached hydrogens (tertiary/aromatic N) is 2. The zero-order valence-corrected chi connectivity index (χ0v) is 16.4. The van der Waals surface area contributed by atoms with Crippen molar-refractivity contribution in [1.82, 2.24) is 14.5 Å². The van der Waals surface area contributed by atoms with Crippen molar-refractivity contribution < 1.29 is 18.0 Å². The summed E-state index contributed by atoms with van der Waals surface area (Å²) in [5.41, 5.74) is 0. The number of hydrogen-bond acceptors (Lipinski definition) is 5.